The molecule has 0 spiro atoms. The third-order valence-corrected chi connectivity index (χ3v) is 2.96. The molecule has 1 atom stereocenters. The predicted molar refractivity (Wildman–Crippen MR) is 54.5 cm³/mol. The third-order valence-electron chi connectivity index (χ3n) is 2.96. The highest BCUT2D eigenvalue weighted by Gasteiger charge is 2.25. The first-order valence-corrected chi connectivity index (χ1v) is 5.42. The smallest absolute Gasteiger partial charge is 0.0431 e. The number of nitrogens with two attached hydrogens (primary N) is 1. The van der Waals surface area contributed by atoms with Gasteiger partial charge in [0.05, 0.1) is 0 Å². The Bertz CT molecular complexity index is 126. The van der Waals surface area contributed by atoms with Crippen LogP contribution in [0.3, 0.4) is 0 Å². The second-order valence-corrected chi connectivity index (χ2v) is 3.92. The van der Waals surface area contributed by atoms with Gasteiger partial charge in [0, 0.05) is 19.2 Å². The molecule has 0 saturated heterocycles. The Morgan fingerprint density at radius 3 is 2.62 bits per heavy atom. The summed E-state index contributed by atoms with van der Waals surface area (Å²) in [5.74, 6) is 0.819. The molecular formula is C10H22N2O. The molecular weight excluding hydrogens is 164 g/mol. The van der Waals surface area contributed by atoms with Crippen molar-refractivity contribution in [3.63, 3.8) is 0 Å². The fraction of sp³-hybridized carbons (Fsp3) is 1.00. The molecule has 1 aliphatic carbocycles. The van der Waals surface area contributed by atoms with Crippen LogP contribution in [0.5, 0.6) is 0 Å². The van der Waals surface area contributed by atoms with E-state index >= 15 is 0 Å². The topological polar surface area (TPSA) is 58.3 Å². The number of unbranched alkanes of at least 4 members (excludes halogenated alkanes) is 1. The Balaban J connectivity index is 2.02. The fourth-order valence-corrected chi connectivity index (χ4v) is 1.81. The van der Waals surface area contributed by atoms with Gasteiger partial charge in [0.15, 0.2) is 0 Å². The second kappa shape index (κ2) is 6.35. The van der Waals surface area contributed by atoms with Gasteiger partial charge in [-0.05, 0) is 38.1 Å². The molecule has 3 heteroatoms. The van der Waals surface area contributed by atoms with Gasteiger partial charge < -0.3 is 16.2 Å². The minimum Gasteiger partial charge on any atom is -0.396 e. The van der Waals surface area contributed by atoms with Gasteiger partial charge in [0.25, 0.3) is 0 Å². The monoisotopic (exact) mass is 186 g/mol. The predicted octanol–water partition coefficient (Wildman–Crippen LogP) is 0.476. The third kappa shape index (κ3) is 3.63. The lowest BCUT2D eigenvalue weighted by atomic mass is 9.79. The highest BCUT2D eigenvalue weighted by molar-refractivity contribution is 4.83. The molecule has 0 radical (unpaired) electrons. The molecule has 0 aromatic heterocycles. The molecule has 13 heavy (non-hydrogen) atoms. The van der Waals surface area contributed by atoms with Crippen molar-refractivity contribution in [3.8, 4) is 0 Å². The molecule has 4 N–H and O–H groups in total. The maximum absolute atomic E-state index is 8.60. The maximum Gasteiger partial charge on any atom is 0.0431 e. The van der Waals surface area contributed by atoms with E-state index in [1.54, 1.807) is 0 Å². The lowest BCUT2D eigenvalue weighted by Gasteiger charge is -2.33. The van der Waals surface area contributed by atoms with E-state index < -0.39 is 0 Å². The fourth-order valence-electron chi connectivity index (χ4n) is 1.81. The summed E-state index contributed by atoms with van der Waals surface area (Å²) in [6, 6.07) is 0.521. The number of hydrogen-bond donors (Lipinski definition) is 3. The summed E-state index contributed by atoms with van der Waals surface area (Å²) in [5, 5.41) is 12.1. The molecule has 0 aliphatic heterocycles. The Labute approximate surface area is 80.7 Å². The van der Waals surface area contributed by atoms with Gasteiger partial charge in [-0.1, -0.05) is 6.42 Å². The minimum atomic E-state index is 0.304. The maximum atomic E-state index is 8.60. The quantitative estimate of drug-likeness (QED) is 0.507. The van der Waals surface area contributed by atoms with Gasteiger partial charge in [0.1, 0.15) is 0 Å². The van der Waals surface area contributed by atoms with E-state index in [0.29, 0.717) is 12.6 Å². The van der Waals surface area contributed by atoms with Crippen LogP contribution in [-0.4, -0.2) is 30.8 Å². The van der Waals surface area contributed by atoms with Crippen LogP contribution < -0.4 is 11.1 Å². The first-order valence-electron chi connectivity index (χ1n) is 5.42. The molecule has 1 unspecified atom stereocenters. The van der Waals surface area contributed by atoms with Crippen molar-refractivity contribution in [1.29, 1.82) is 0 Å². The highest BCUT2D eigenvalue weighted by atomic mass is 16.2. The van der Waals surface area contributed by atoms with Gasteiger partial charge in [0.2, 0.25) is 0 Å². The van der Waals surface area contributed by atoms with E-state index in [4.69, 9.17) is 10.8 Å². The summed E-state index contributed by atoms with van der Waals surface area (Å²) >= 11 is 0. The average molecular weight is 186 g/mol. The second-order valence-electron chi connectivity index (χ2n) is 3.92. The van der Waals surface area contributed by atoms with Crippen molar-refractivity contribution < 1.29 is 5.11 Å². The number of hydrogen-bond acceptors (Lipinski definition) is 3. The van der Waals surface area contributed by atoms with Crippen molar-refractivity contribution in [2.45, 2.75) is 38.1 Å². The normalized spacial score (nSPS) is 19.8. The lowest BCUT2D eigenvalue weighted by Crippen LogP contribution is -2.45. The van der Waals surface area contributed by atoms with Crippen LogP contribution in [0.1, 0.15) is 32.1 Å². The van der Waals surface area contributed by atoms with Crippen molar-refractivity contribution in [3.05, 3.63) is 0 Å². The van der Waals surface area contributed by atoms with E-state index in [0.717, 1.165) is 31.8 Å². The van der Waals surface area contributed by atoms with Gasteiger partial charge in [-0.25, -0.2) is 0 Å². The summed E-state index contributed by atoms with van der Waals surface area (Å²) in [7, 11) is 0. The summed E-state index contributed by atoms with van der Waals surface area (Å²) in [6.45, 7) is 2.06. The number of aliphatic hydroxyl groups is 1. The molecule has 1 rings (SSSR count). The molecule has 1 saturated carbocycles. The SMILES string of the molecule is NCC(NCCCCO)C1CCC1. The molecule has 0 heterocycles. The van der Waals surface area contributed by atoms with Crippen molar-refractivity contribution >= 4 is 0 Å². The lowest BCUT2D eigenvalue weighted by molar-refractivity contribution is 0.228. The molecule has 0 bridgehead atoms. The molecule has 1 fully saturated rings. The molecule has 0 aromatic carbocycles. The minimum absolute atomic E-state index is 0.304. The summed E-state index contributed by atoms with van der Waals surface area (Å²) in [5.41, 5.74) is 5.69. The summed E-state index contributed by atoms with van der Waals surface area (Å²) in [6.07, 6.45) is 6.01. The van der Waals surface area contributed by atoms with Gasteiger partial charge >= 0.3 is 0 Å². The molecule has 3 nitrogen and oxygen atoms in total. The first-order chi connectivity index (χ1) is 6.38. The zero-order chi connectivity index (χ0) is 9.52. The van der Waals surface area contributed by atoms with Crippen molar-refractivity contribution in [1.82, 2.24) is 5.32 Å². The van der Waals surface area contributed by atoms with Crippen LogP contribution in [0.25, 0.3) is 0 Å². The van der Waals surface area contributed by atoms with Gasteiger partial charge in [-0.15, -0.1) is 0 Å². The first kappa shape index (κ1) is 11.0. The van der Waals surface area contributed by atoms with E-state index in [1.807, 2.05) is 0 Å². The van der Waals surface area contributed by atoms with E-state index in [9.17, 15) is 0 Å². The molecule has 0 amide bonds. The Morgan fingerprint density at radius 1 is 1.38 bits per heavy atom. The summed E-state index contributed by atoms with van der Waals surface area (Å²) < 4.78 is 0. The van der Waals surface area contributed by atoms with Crippen molar-refractivity contribution in [2.75, 3.05) is 19.7 Å². The van der Waals surface area contributed by atoms with Crippen LogP contribution in [0.15, 0.2) is 0 Å². The van der Waals surface area contributed by atoms with Crippen molar-refractivity contribution in [2.24, 2.45) is 11.7 Å². The van der Waals surface area contributed by atoms with E-state index in [-0.39, 0.29) is 0 Å². The van der Waals surface area contributed by atoms with Crippen LogP contribution in [0.2, 0.25) is 0 Å². The zero-order valence-electron chi connectivity index (χ0n) is 8.34. The van der Waals surface area contributed by atoms with Crippen LogP contribution in [0.4, 0.5) is 0 Å². The largest absolute Gasteiger partial charge is 0.396 e. The van der Waals surface area contributed by atoms with Crippen LogP contribution in [-0.2, 0) is 0 Å². The molecule has 78 valence electrons. The van der Waals surface area contributed by atoms with E-state index in [1.165, 1.54) is 19.3 Å². The standard InChI is InChI=1S/C10H22N2O/c11-8-10(9-4-3-5-9)12-6-1-2-7-13/h9-10,12-13H,1-8,11H2. The zero-order valence-corrected chi connectivity index (χ0v) is 8.34. The Morgan fingerprint density at radius 2 is 2.15 bits per heavy atom. The number of rotatable bonds is 7. The number of nitrogens with one attached hydrogen (secondary N) is 1. The van der Waals surface area contributed by atoms with Gasteiger partial charge in [-0.2, -0.15) is 0 Å². The molecule has 1 aliphatic rings. The van der Waals surface area contributed by atoms with Crippen LogP contribution in [0, 0.1) is 5.92 Å². The van der Waals surface area contributed by atoms with Gasteiger partial charge in [-0.3, -0.25) is 0 Å². The highest BCUT2D eigenvalue weighted by Crippen LogP contribution is 2.29. The Kier molecular flexibility index (Phi) is 5.35. The van der Waals surface area contributed by atoms with Crippen LogP contribution >= 0.6 is 0 Å². The summed E-state index contributed by atoms with van der Waals surface area (Å²) in [4.78, 5) is 0. The molecule has 0 aromatic rings. The van der Waals surface area contributed by atoms with E-state index in [2.05, 4.69) is 5.32 Å². The number of aliphatic hydroxyl groups excluding tert-OH is 1. The average Bonchev–Trinajstić information content (AvgIpc) is 2.07. The Hall–Kier alpha value is -0.120.